The van der Waals surface area contributed by atoms with Crippen LogP contribution in [-0.2, 0) is 6.54 Å². The van der Waals surface area contributed by atoms with Crippen molar-refractivity contribution in [3.63, 3.8) is 0 Å². The molecular formula is C13H12FN3O. The number of nitrogens with one attached hydrogen (secondary N) is 1. The molecule has 3 N–H and O–H groups in total. The summed E-state index contributed by atoms with van der Waals surface area (Å²) in [5, 5.41) is 2.90. The van der Waals surface area contributed by atoms with Crippen LogP contribution in [0.4, 0.5) is 10.2 Å². The monoisotopic (exact) mass is 245 g/mol. The van der Waals surface area contributed by atoms with Crippen molar-refractivity contribution in [3.05, 3.63) is 59.5 Å². The van der Waals surface area contributed by atoms with Gasteiger partial charge < -0.3 is 11.1 Å². The van der Waals surface area contributed by atoms with E-state index in [0.717, 1.165) is 0 Å². The highest BCUT2D eigenvalue weighted by Crippen LogP contribution is 2.13. The number of amides is 1. The molecule has 0 aliphatic heterocycles. The van der Waals surface area contributed by atoms with Crippen LogP contribution in [0.15, 0.2) is 42.6 Å². The molecule has 0 aliphatic carbocycles. The topological polar surface area (TPSA) is 68.0 Å². The number of halogens is 1. The number of rotatable bonds is 4. The quantitative estimate of drug-likeness (QED) is 0.864. The molecule has 0 aliphatic rings. The van der Waals surface area contributed by atoms with Crippen LogP contribution in [0.2, 0.25) is 0 Å². The molecule has 1 aromatic heterocycles. The number of nitrogens with zero attached hydrogens (tertiary/aromatic N) is 1. The van der Waals surface area contributed by atoms with Gasteiger partial charge in [0.15, 0.2) is 0 Å². The summed E-state index contributed by atoms with van der Waals surface area (Å²) >= 11 is 0. The molecule has 4 nitrogen and oxygen atoms in total. The third kappa shape index (κ3) is 2.63. The Balaban J connectivity index is 2.16. The number of nitrogens with two attached hydrogens (primary N) is 1. The standard InChI is InChI=1S/C13H12FN3O/c14-11-6-2-1-4-9(11)8-17-13-10(12(15)18)5-3-7-16-13/h1-7H,8H2,(H2,15,18)(H,16,17). The first-order valence-electron chi connectivity index (χ1n) is 5.40. The van der Waals surface area contributed by atoms with Crippen molar-refractivity contribution in [2.45, 2.75) is 6.54 Å². The van der Waals surface area contributed by atoms with Gasteiger partial charge in [-0.15, -0.1) is 0 Å². The second-order valence-corrected chi connectivity index (χ2v) is 3.71. The Hall–Kier alpha value is -2.43. The minimum atomic E-state index is -0.570. The highest BCUT2D eigenvalue weighted by molar-refractivity contribution is 5.97. The van der Waals surface area contributed by atoms with Gasteiger partial charge in [0.2, 0.25) is 0 Å². The summed E-state index contributed by atoms with van der Waals surface area (Å²) in [4.78, 5) is 15.2. The number of benzene rings is 1. The van der Waals surface area contributed by atoms with Gasteiger partial charge in [-0.3, -0.25) is 4.79 Å². The Labute approximate surface area is 104 Å². The Morgan fingerprint density at radius 2 is 2.06 bits per heavy atom. The zero-order chi connectivity index (χ0) is 13.0. The number of hydrogen-bond acceptors (Lipinski definition) is 3. The summed E-state index contributed by atoms with van der Waals surface area (Å²) in [5.74, 6) is -0.519. The molecule has 18 heavy (non-hydrogen) atoms. The largest absolute Gasteiger partial charge is 0.365 e. The van der Waals surface area contributed by atoms with Crippen molar-refractivity contribution in [1.82, 2.24) is 4.98 Å². The first-order chi connectivity index (χ1) is 8.68. The van der Waals surface area contributed by atoms with Gasteiger partial charge in [0, 0.05) is 18.3 Å². The highest BCUT2D eigenvalue weighted by Gasteiger charge is 2.08. The second kappa shape index (κ2) is 5.27. The fourth-order valence-electron chi connectivity index (χ4n) is 1.57. The van der Waals surface area contributed by atoms with Crippen molar-refractivity contribution in [2.75, 3.05) is 5.32 Å². The molecule has 0 saturated heterocycles. The van der Waals surface area contributed by atoms with Crippen LogP contribution in [0.3, 0.4) is 0 Å². The Kier molecular flexibility index (Phi) is 3.52. The van der Waals surface area contributed by atoms with E-state index >= 15 is 0 Å². The van der Waals surface area contributed by atoms with Crippen molar-refractivity contribution < 1.29 is 9.18 Å². The Morgan fingerprint density at radius 3 is 2.78 bits per heavy atom. The normalized spacial score (nSPS) is 10.1. The van der Waals surface area contributed by atoms with Crippen LogP contribution in [0.5, 0.6) is 0 Å². The van der Waals surface area contributed by atoms with Gasteiger partial charge in [-0.05, 0) is 18.2 Å². The number of anilines is 1. The molecule has 0 atom stereocenters. The first-order valence-corrected chi connectivity index (χ1v) is 5.40. The molecule has 2 rings (SSSR count). The first kappa shape index (κ1) is 12.0. The summed E-state index contributed by atoms with van der Waals surface area (Å²) in [7, 11) is 0. The van der Waals surface area contributed by atoms with E-state index in [4.69, 9.17) is 5.73 Å². The van der Waals surface area contributed by atoms with Crippen molar-refractivity contribution in [2.24, 2.45) is 5.73 Å². The molecule has 0 spiro atoms. The van der Waals surface area contributed by atoms with Crippen LogP contribution in [0.1, 0.15) is 15.9 Å². The number of pyridine rings is 1. The molecule has 0 unspecified atom stereocenters. The number of hydrogen-bond donors (Lipinski definition) is 2. The van der Waals surface area contributed by atoms with Gasteiger partial charge in [0.1, 0.15) is 11.6 Å². The number of aromatic nitrogens is 1. The Morgan fingerprint density at radius 1 is 1.28 bits per heavy atom. The summed E-state index contributed by atoms with van der Waals surface area (Å²) in [6.45, 7) is 0.240. The smallest absolute Gasteiger partial charge is 0.252 e. The predicted molar refractivity (Wildman–Crippen MR) is 66.5 cm³/mol. The van der Waals surface area contributed by atoms with Crippen molar-refractivity contribution in [3.8, 4) is 0 Å². The maximum absolute atomic E-state index is 13.4. The maximum atomic E-state index is 13.4. The van der Waals surface area contributed by atoms with E-state index in [0.29, 0.717) is 11.4 Å². The van der Waals surface area contributed by atoms with E-state index in [1.807, 2.05) is 0 Å². The van der Waals surface area contributed by atoms with E-state index < -0.39 is 5.91 Å². The highest BCUT2D eigenvalue weighted by atomic mass is 19.1. The van der Waals surface area contributed by atoms with Crippen molar-refractivity contribution in [1.29, 1.82) is 0 Å². The molecule has 1 aromatic carbocycles. The van der Waals surface area contributed by atoms with E-state index in [1.165, 1.54) is 12.3 Å². The summed E-state index contributed by atoms with van der Waals surface area (Å²) in [6, 6.07) is 9.59. The fraction of sp³-hybridized carbons (Fsp3) is 0.0769. The Bertz CT molecular complexity index is 572. The van der Waals surface area contributed by atoms with Crippen LogP contribution in [-0.4, -0.2) is 10.9 Å². The molecule has 0 bridgehead atoms. The minimum absolute atomic E-state index is 0.240. The average Bonchev–Trinajstić information content (AvgIpc) is 2.38. The molecule has 1 amide bonds. The summed E-state index contributed by atoms with van der Waals surface area (Å²) < 4.78 is 13.4. The molecule has 0 radical (unpaired) electrons. The predicted octanol–water partition coefficient (Wildman–Crippen LogP) is 1.93. The van der Waals surface area contributed by atoms with Crippen LogP contribution in [0, 0.1) is 5.82 Å². The zero-order valence-corrected chi connectivity index (χ0v) is 9.56. The van der Waals surface area contributed by atoms with Gasteiger partial charge >= 0.3 is 0 Å². The van der Waals surface area contributed by atoms with Crippen molar-refractivity contribution >= 4 is 11.7 Å². The van der Waals surface area contributed by atoms with Crippen LogP contribution in [0.25, 0.3) is 0 Å². The lowest BCUT2D eigenvalue weighted by atomic mass is 10.2. The molecule has 92 valence electrons. The van der Waals surface area contributed by atoms with E-state index in [1.54, 1.807) is 30.3 Å². The lowest BCUT2D eigenvalue weighted by Gasteiger charge is -2.09. The van der Waals surface area contributed by atoms with Crippen LogP contribution >= 0.6 is 0 Å². The van der Waals surface area contributed by atoms with Gasteiger partial charge in [-0.1, -0.05) is 18.2 Å². The molecular weight excluding hydrogens is 233 g/mol. The lowest BCUT2D eigenvalue weighted by molar-refractivity contribution is 0.100. The lowest BCUT2D eigenvalue weighted by Crippen LogP contribution is -2.15. The molecule has 2 aromatic rings. The maximum Gasteiger partial charge on any atom is 0.252 e. The third-order valence-corrected chi connectivity index (χ3v) is 2.48. The SMILES string of the molecule is NC(=O)c1cccnc1NCc1ccccc1F. The minimum Gasteiger partial charge on any atom is -0.365 e. The summed E-state index contributed by atoms with van der Waals surface area (Å²) in [6.07, 6.45) is 1.54. The molecule has 1 heterocycles. The van der Waals surface area contributed by atoms with Crippen LogP contribution < -0.4 is 11.1 Å². The van der Waals surface area contributed by atoms with E-state index in [9.17, 15) is 9.18 Å². The number of carbonyl (C=O) groups is 1. The van der Waals surface area contributed by atoms with Gasteiger partial charge in [-0.2, -0.15) is 0 Å². The fourth-order valence-corrected chi connectivity index (χ4v) is 1.57. The second-order valence-electron chi connectivity index (χ2n) is 3.71. The van der Waals surface area contributed by atoms with Gasteiger partial charge in [-0.25, -0.2) is 9.37 Å². The molecule has 5 heteroatoms. The van der Waals surface area contributed by atoms with E-state index in [-0.39, 0.29) is 17.9 Å². The van der Waals surface area contributed by atoms with Gasteiger partial charge in [0.05, 0.1) is 5.56 Å². The zero-order valence-electron chi connectivity index (χ0n) is 9.56. The number of primary amides is 1. The van der Waals surface area contributed by atoms with Gasteiger partial charge in [0.25, 0.3) is 5.91 Å². The van der Waals surface area contributed by atoms with E-state index in [2.05, 4.69) is 10.3 Å². The molecule has 0 fully saturated rings. The summed E-state index contributed by atoms with van der Waals surface area (Å²) in [5.41, 5.74) is 6.01. The average molecular weight is 245 g/mol. The number of carbonyl (C=O) groups excluding carboxylic acids is 1. The third-order valence-electron chi connectivity index (χ3n) is 2.48. The molecule has 0 saturated carbocycles.